The molecule has 0 aliphatic carbocycles. The summed E-state index contributed by atoms with van der Waals surface area (Å²) in [6.07, 6.45) is 1.71. The molecule has 0 bridgehead atoms. The van der Waals surface area contributed by atoms with E-state index in [0.717, 1.165) is 5.69 Å². The molecule has 0 aliphatic rings. The molecule has 2 aromatic carbocycles. The Morgan fingerprint density at radius 1 is 1.12 bits per heavy atom. The van der Waals surface area contributed by atoms with Gasteiger partial charge < -0.3 is 15.4 Å². The van der Waals surface area contributed by atoms with Crippen molar-refractivity contribution in [2.45, 2.75) is 13.5 Å². The molecular formula is C19H19ClN4O. The lowest BCUT2D eigenvalue weighted by molar-refractivity contribution is 0.415. The smallest absolute Gasteiger partial charge is 0.224 e. The number of aryl methyl sites for hydroxylation is 1. The second-order valence-corrected chi connectivity index (χ2v) is 5.99. The van der Waals surface area contributed by atoms with Crippen LogP contribution in [0, 0.1) is 6.92 Å². The highest BCUT2D eigenvalue weighted by Crippen LogP contribution is 2.28. The molecule has 0 atom stereocenters. The second-order valence-electron chi connectivity index (χ2n) is 5.58. The zero-order chi connectivity index (χ0) is 17.6. The van der Waals surface area contributed by atoms with E-state index < -0.39 is 0 Å². The molecule has 0 aliphatic heterocycles. The monoisotopic (exact) mass is 354 g/mol. The van der Waals surface area contributed by atoms with Crippen LogP contribution in [0.15, 0.2) is 54.7 Å². The molecule has 0 saturated heterocycles. The zero-order valence-corrected chi connectivity index (χ0v) is 14.8. The van der Waals surface area contributed by atoms with Gasteiger partial charge in [0.2, 0.25) is 5.95 Å². The Bertz CT molecular complexity index is 870. The number of hydrogen-bond donors (Lipinski definition) is 2. The largest absolute Gasteiger partial charge is 0.495 e. The van der Waals surface area contributed by atoms with Crippen LogP contribution in [0.4, 0.5) is 17.5 Å². The quantitative estimate of drug-likeness (QED) is 0.665. The van der Waals surface area contributed by atoms with Crippen LogP contribution < -0.4 is 15.4 Å². The average molecular weight is 355 g/mol. The van der Waals surface area contributed by atoms with E-state index in [1.807, 2.05) is 18.2 Å². The van der Waals surface area contributed by atoms with Gasteiger partial charge in [-0.05, 0) is 36.8 Å². The van der Waals surface area contributed by atoms with Crippen molar-refractivity contribution < 1.29 is 4.74 Å². The molecule has 3 rings (SSSR count). The summed E-state index contributed by atoms with van der Waals surface area (Å²) in [6, 6.07) is 15.6. The summed E-state index contributed by atoms with van der Waals surface area (Å²) in [5.74, 6) is 1.88. The highest BCUT2D eigenvalue weighted by Gasteiger charge is 2.04. The Morgan fingerprint density at radius 2 is 2.00 bits per heavy atom. The highest BCUT2D eigenvalue weighted by molar-refractivity contribution is 6.32. The maximum Gasteiger partial charge on any atom is 0.224 e. The van der Waals surface area contributed by atoms with Crippen LogP contribution in [0.5, 0.6) is 5.75 Å². The Balaban J connectivity index is 1.68. The van der Waals surface area contributed by atoms with Gasteiger partial charge in [-0.3, -0.25) is 0 Å². The van der Waals surface area contributed by atoms with Gasteiger partial charge in [-0.1, -0.05) is 41.4 Å². The number of benzene rings is 2. The average Bonchev–Trinajstić information content (AvgIpc) is 2.61. The fourth-order valence-electron chi connectivity index (χ4n) is 2.41. The van der Waals surface area contributed by atoms with Crippen LogP contribution in [0.3, 0.4) is 0 Å². The molecule has 0 radical (unpaired) electrons. The van der Waals surface area contributed by atoms with E-state index in [-0.39, 0.29) is 0 Å². The molecule has 0 spiro atoms. The van der Waals surface area contributed by atoms with Crippen LogP contribution in [0.2, 0.25) is 5.02 Å². The third-order valence-electron chi connectivity index (χ3n) is 3.61. The van der Waals surface area contributed by atoms with Crippen LogP contribution in [-0.4, -0.2) is 17.1 Å². The summed E-state index contributed by atoms with van der Waals surface area (Å²) in [6.45, 7) is 2.74. The van der Waals surface area contributed by atoms with Gasteiger partial charge in [0, 0.05) is 18.4 Å². The van der Waals surface area contributed by atoms with Gasteiger partial charge in [0.1, 0.15) is 11.6 Å². The van der Waals surface area contributed by atoms with Crippen LogP contribution in [-0.2, 0) is 6.54 Å². The topological polar surface area (TPSA) is 59.1 Å². The third kappa shape index (κ3) is 4.61. The predicted octanol–water partition coefficient (Wildman–Crippen LogP) is 4.80. The lowest BCUT2D eigenvalue weighted by Crippen LogP contribution is -2.05. The summed E-state index contributed by atoms with van der Waals surface area (Å²) in [7, 11) is 1.59. The number of methoxy groups -OCH3 is 1. The minimum Gasteiger partial charge on any atom is -0.495 e. The van der Waals surface area contributed by atoms with Crippen LogP contribution in [0.25, 0.3) is 0 Å². The van der Waals surface area contributed by atoms with Crippen molar-refractivity contribution in [3.63, 3.8) is 0 Å². The van der Waals surface area contributed by atoms with Crippen molar-refractivity contribution in [2.24, 2.45) is 0 Å². The Hall–Kier alpha value is -2.79. The lowest BCUT2D eigenvalue weighted by Gasteiger charge is -2.10. The summed E-state index contributed by atoms with van der Waals surface area (Å²) in [5, 5.41) is 6.99. The first-order valence-electron chi connectivity index (χ1n) is 7.87. The number of ether oxygens (including phenoxy) is 1. The summed E-state index contributed by atoms with van der Waals surface area (Å²) in [4.78, 5) is 8.73. The molecule has 5 nitrogen and oxygen atoms in total. The number of aromatic nitrogens is 2. The predicted molar refractivity (Wildman–Crippen MR) is 102 cm³/mol. The maximum atomic E-state index is 6.15. The summed E-state index contributed by atoms with van der Waals surface area (Å²) >= 11 is 6.15. The lowest BCUT2D eigenvalue weighted by atomic mass is 10.1. The number of halogens is 1. The Labute approximate surface area is 152 Å². The van der Waals surface area contributed by atoms with Gasteiger partial charge in [-0.15, -0.1) is 0 Å². The van der Waals surface area contributed by atoms with Gasteiger partial charge in [0.15, 0.2) is 0 Å². The number of nitrogens with one attached hydrogen (secondary N) is 2. The van der Waals surface area contributed by atoms with Crippen molar-refractivity contribution in [3.8, 4) is 5.75 Å². The van der Waals surface area contributed by atoms with Gasteiger partial charge in [-0.25, -0.2) is 4.98 Å². The first kappa shape index (κ1) is 17.0. The fourth-order valence-corrected chi connectivity index (χ4v) is 2.67. The molecule has 1 heterocycles. The molecule has 128 valence electrons. The van der Waals surface area contributed by atoms with Gasteiger partial charge >= 0.3 is 0 Å². The molecule has 0 fully saturated rings. The number of anilines is 3. The van der Waals surface area contributed by atoms with Crippen molar-refractivity contribution >= 4 is 29.1 Å². The SMILES string of the molecule is COc1ccc(Nc2ccnc(NCc3cccc(C)c3)n2)cc1Cl. The number of rotatable bonds is 6. The summed E-state index contributed by atoms with van der Waals surface area (Å²) in [5.41, 5.74) is 3.24. The van der Waals surface area contributed by atoms with Gasteiger partial charge in [0.05, 0.1) is 12.1 Å². The highest BCUT2D eigenvalue weighted by atomic mass is 35.5. The Morgan fingerprint density at radius 3 is 2.76 bits per heavy atom. The van der Waals surface area contributed by atoms with E-state index in [1.165, 1.54) is 11.1 Å². The zero-order valence-electron chi connectivity index (χ0n) is 14.1. The molecule has 0 unspecified atom stereocenters. The van der Waals surface area contributed by atoms with Crippen molar-refractivity contribution in [1.82, 2.24) is 9.97 Å². The molecule has 0 saturated carbocycles. The van der Waals surface area contributed by atoms with E-state index in [4.69, 9.17) is 16.3 Å². The van der Waals surface area contributed by atoms with Crippen LogP contribution in [0.1, 0.15) is 11.1 Å². The van der Waals surface area contributed by atoms with E-state index in [1.54, 1.807) is 25.4 Å². The molecule has 0 amide bonds. The summed E-state index contributed by atoms with van der Waals surface area (Å²) < 4.78 is 5.16. The molecule has 3 aromatic rings. The first-order valence-corrected chi connectivity index (χ1v) is 8.25. The first-order chi connectivity index (χ1) is 12.1. The standard InChI is InChI=1S/C19H19ClN4O/c1-13-4-3-5-14(10-13)12-22-19-21-9-8-18(24-19)23-15-6-7-17(25-2)16(20)11-15/h3-11H,12H2,1-2H3,(H2,21,22,23,24). The maximum absolute atomic E-state index is 6.15. The van der Waals surface area contributed by atoms with Gasteiger partial charge in [-0.2, -0.15) is 4.98 Å². The van der Waals surface area contributed by atoms with Crippen LogP contribution >= 0.6 is 11.6 Å². The number of hydrogen-bond acceptors (Lipinski definition) is 5. The molecule has 25 heavy (non-hydrogen) atoms. The third-order valence-corrected chi connectivity index (χ3v) is 3.91. The minimum absolute atomic E-state index is 0.541. The van der Waals surface area contributed by atoms with E-state index in [0.29, 0.717) is 29.1 Å². The number of nitrogens with zero attached hydrogens (tertiary/aromatic N) is 2. The van der Waals surface area contributed by atoms with E-state index in [2.05, 4.69) is 45.7 Å². The normalized spacial score (nSPS) is 10.4. The molecule has 6 heteroatoms. The van der Waals surface area contributed by atoms with Crippen molar-refractivity contribution in [3.05, 3.63) is 70.9 Å². The van der Waals surface area contributed by atoms with E-state index >= 15 is 0 Å². The van der Waals surface area contributed by atoms with Gasteiger partial charge in [0.25, 0.3) is 0 Å². The molecule has 2 N–H and O–H groups in total. The Kier molecular flexibility index (Phi) is 5.36. The van der Waals surface area contributed by atoms with Crippen molar-refractivity contribution in [2.75, 3.05) is 17.7 Å². The van der Waals surface area contributed by atoms with Crippen molar-refractivity contribution in [1.29, 1.82) is 0 Å². The fraction of sp³-hybridized carbons (Fsp3) is 0.158. The molecular weight excluding hydrogens is 336 g/mol. The second kappa shape index (κ2) is 7.85. The van der Waals surface area contributed by atoms with E-state index in [9.17, 15) is 0 Å². The minimum atomic E-state index is 0.541. The molecule has 1 aromatic heterocycles.